The number of nitro groups is 1. The summed E-state index contributed by atoms with van der Waals surface area (Å²) in [5.41, 5.74) is 4.12. The predicted molar refractivity (Wildman–Crippen MR) is 143 cm³/mol. The highest BCUT2D eigenvalue weighted by Gasteiger charge is 2.17. The van der Waals surface area contributed by atoms with Crippen LogP contribution in [-0.4, -0.2) is 44.7 Å². The Kier molecular flexibility index (Phi) is 8.39. The molecule has 1 N–H and O–H groups in total. The Morgan fingerprint density at radius 2 is 1.86 bits per heavy atom. The van der Waals surface area contributed by atoms with Crippen molar-refractivity contribution in [2.75, 3.05) is 12.9 Å². The van der Waals surface area contributed by atoms with Crippen LogP contribution < -0.4 is 10.2 Å². The van der Waals surface area contributed by atoms with Crippen LogP contribution in [0, 0.1) is 10.1 Å². The Balaban J connectivity index is 1.51. The number of nitrogens with zero attached hydrogens (tertiary/aromatic N) is 5. The van der Waals surface area contributed by atoms with Crippen LogP contribution in [0.2, 0.25) is 10.0 Å². The molecule has 0 bridgehead atoms. The van der Waals surface area contributed by atoms with Gasteiger partial charge in [0, 0.05) is 39.0 Å². The molecule has 0 unspecified atom stereocenters. The molecule has 0 aliphatic rings. The maximum Gasteiger partial charge on any atom is 0.270 e. The number of hydrogen-bond acceptors (Lipinski definition) is 8. The number of non-ortho nitro benzene ring substituents is 1. The summed E-state index contributed by atoms with van der Waals surface area (Å²) in [4.78, 5) is 22.8. The van der Waals surface area contributed by atoms with Crippen molar-refractivity contribution in [1.29, 1.82) is 0 Å². The minimum absolute atomic E-state index is 0.0195. The number of hydrazone groups is 1. The summed E-state index contributed by atoms with van der Waals surface area (Å²) in [5, 5.41) is 24.8. The van der Waals surface area contributed by atoms with Gasteiger partial charge in [-0.1, -0.05) is 35.0 Å². The Morgan fingerprint density at radius 3 is 2.54 bits per heavy atom. The monoisotopic (exact) mass is 556 g/mol. The van der Waals surface area contributed by atoms with Gasteiger partial charge in [-0.25, -0.2) is 5.43 Å². The molecule has 0 aliphatic heterocycles. The van der Waals surface area contributed by atoms with Gasteiger partial charge in [0.15, 0.2) is 11.0 Å². The van der Waals surface area contributed by atoms with Gasteiger partial charge in [-0.15, -0.1) is 10.2 Å². The van der Waals surface area contributed by atoms with Gasteiger partial charge in [-0.3, -0.25) is 19.5 Å². The van der Waals surface area contributed by atoms with Gasteiger partial charge in [0.05, 0.1) is 24.0 Å². The number of hydrogen-bond donors (Lipinski definition) is 1. The van der Waals surface area contributed by atoms with Crippen molar-refractivity contribution < 1.29 is 14.5 Å². The number of nitro benzene ring substituents is 1. The molecule has 1 aromatic heterocycles. The minimum Gasteiger partial charge on any atom is -0.497 e. The lowest BCUT2D eigenvalue weighted by molar-refractivity contribution is -0.384. The lowest BCUT2D eigenvalue weighted by Crippen LogP contribution is -2.20. The van der Waals surface area contributed by atoms with Crippen LogP contribution in [0.3, 0.4) is 0 Å². The van der Waals surface area contributed by atoms with E-state index >= 15 is 0 Å². The summed E-state index contributed by atoms with van der Waals surface area (Å²) in [6.45, 7) is 0. The van der Waals surface area contributed by atoms with Crippen LogP contribution in [-0.2, 0) is 4.79 Å². The first-order valence-corrected chi connectivity index (χ1v) is 12.3. The van der Waals surface area contributed by atoms with Gasteiger partial charge in [0.25, 0.3) is 11.6 Å². The van der Waals surface area contributed by atoms with E-state index in [1.165, 1.54) is 24.4 Å². The van der Waals surface area contributed by atoms with E-state index in [0.29, 0.717) is 27.3 Å². The molecule has 10 nitrogen and oxygen atoms in total. The Labute approximate surface area is 225 Å². The quantitative estimate of drug-likeness (QED) is 0.126. The Hall–Kier alpha value is -3.93. The van der Waals surface area contributed by atoms with E-state index < -0.39 is 10.8 Å². The maximum absolute atomic E-state index is 12.4. The second kappa shape index (κ2) is 11.9. The highest BCUT2D eigenvalue weighted by atomic mass is 35.5. The highest BCUT2D eigenvalue weighted by molar-refractivity contribution is 7.99. The molecule has 37 heavy (non-hydrogen) atoms. The van der Waals surface area contributed by atoms with Crippen molar-refractivity contribution in [1.82, 2.24) is 20.2 Å². The van der Waals surface area contributed by atoms with Crippen LogP contribution >= 0.6 is 35.0 Å². The average molecular weight is 557 g/mol. The molecule has 1 heterocycles. The summed E-state index contributed by atoms with van der Waals surface area (Å²) >= 11 is 13.3. The van der Waals surface area contributed by atoms with E-state index in [1.54, 1.807) is 19.2 Å². The highest BCUT2D eigenvalue weighted by Crippen LogP contribution is 2.29. The molecular formula is C24H18Cl2N6O4S. The van der Waals surface area contributed by atoms with Crippen LogP contribution in [0.4, 0.5) is 5.69 Å². The molecule has 0 atom stereocenters. The van der Waals surface area contributed by atoms with Crippen molar-refractivity contribution >= 4 is 52.8 Å². The first-order chi connectivity index (χ1) is 17.9. The van der Waals surface area contributed by atoms with Crippen molar-refractivity contribution in [2.24, 2.45) is 5.10 Å². The molecule has 0 fully saturated rings. The van der Waals surface area contributed by atoms with E-state index in [2.05, 4.69) is 20.7 Å². The third-order valence-corrected chi connectivity index (χ3v) is 6.51. The summed E-state index contributed by atoms with van der Waals surface area (Å²) in [6, 6.07) is 18.5. The fourth-order valence-corrected chi connectivity index (χ4v) is 4.23. The van der Waals surface area contributed by atoms with Gasteiger partial charge >= 0.3 is 0 Å². The molecule has 0 saturated heterocycles. The summed E-state index contributed by atoms with van der Waals surface area (Å²) in [5.74, 6) is 0.846. The van der Waals surface area contributed by atoms with E-state index in [4.69, 9.17) is 27.9 Å². The molecule has 4 rings (SSSR count). The molecule has 188 valence electrons. The third kappa shape index (κ3) is 6.45. The largest absolute Gasteiger partial charge is 0.497 e. The Morgan fingerprint density at radius 1 is 1.14 bits per heavy atom. The average Bonchev–Trinajstić information content (AvgIpc) is 3.33. The van der Waals surface area contributed by atoms with E-state index in [0.717, 1.165) is 23.0 Å². The lowest BCUT2D eigenvalue weighted by atomic mass is 10.2. The molecule has 0 saturated carbocycles. The molecule has 4 aromatic rings. The zero-order valence-corrected chi connectivity index (χ0v) is 21.5. The second-order valence-corrected chi connectivity index (χ2v) is 9.18. The normalized spacial score (nSPS) is 11.0. The van der Waals surface area contributed by atoms with Gasteiger partial charge < -0.3 is 4.74 Å². The van der Waals surface area contributed by atoms with Gasteiger partial charge in [-0.05, 0) is 54.6 Å². The molecule has 3 aromatic carbocycles. The van der Waals surface area contributed by atoms with Crippen molar-refractivity contribution in [3.05, 3.63) is 92.5 Å². The number of aromatic nitrogens is 3. The number of carbonyl (C=O) groups is 1. The first-order valence-electron chi connectivity index (χ1n) is 10.6. The van der Waals surface area contributed by atoms with Crippen LogP contribution in [0.1, 0.15) is 5.56 Å². The second-order valence-electron chi connectivity index (χ2n) is 7.39. The van der Waals surface area contributed by atoms with E-state index in [9.17, 15) is 14.9 Å². The fraction of sp³-hybridized carbons (Fsp3) is 0.0833. The molecule has 1 amide bonds. The predicted octanol–water partition coefficient (Wildman–Crippen LogP) is 5.40. The van der Waals surface area contributed by atoms with Gasteiger partial charge in [0.1, 0.15) is 5.75 Å². The lowest BCUT2D eigenvalue weighted by Gasteiger charge is -2.11. The maximum atomic E-state index is 12.4. The van der Waals surface area contributed by atoms with Crippen LogP contribution in [0.25, 0.3) is 17.1 Å². The summed E-state index contributed by atoms with van der Waals surface area (Å²) in [6.07, 6.45) is 1.25. The standard InChI is InChI=1S/C24H18Cl2N6O4S/c1-36-20-9-2-15(3-10-20)23-29-30-24(31(23)18-6-4-17(25)5-7-18)37-14-22(33)28-27-13-16-12-19(32(34)35)8-11-21(16)26/h2-13H,14H2,1H3,(H,28,33). The number of thioether (sulfide) groups is 1. The first kappa shape index (κ1) is 26.1. The number of methoxy groups -OCH3 is 1. The molecule has 0 radical (unpaired) electrons. The van der Waals surface area contributed by atoms with Crippen LogP contribution in [0.15, 0.2) is 77.0 Å². The topological polar surface area (TPSA) is 125 Å². The number of benzene rings is 3. The van der Waals surface area contributed by atoms with Crippen molar-refractivity contribution in [2.45, 2.75) is 5.16 Å². The summed E-state index contributed by atoms with van der Waals surface area (Å²) < 4.78 is 7.05. The van der Waals surface area contributed by atoms with Gasteiger partial charge in [-0.2, -0.15) is 5.10 Å². The number of nitrogens with one attached hydrogen (secondary N) is 1. The number of ether oxygens (including phenoxy) is 1. The smallest absolute Gasteiger partial charge is 0.270 e. The zero-order valence-electron chi connectivity index (χ0n) is 19.2. The van der Waals surface area contributed by atoms with E-state index in [1.807, 2.05) is 41.0 Å². The SMILES string of the molecule is COc1ccc(-c2nnc(SCC(=O)NN=Cc3cc([N+](=O)[O-])ccc3Cl)n2-c2ccc(Cl)cc2)cc1. The molecule has 0 spiro atoms. The van der Waals surface area contributed by atoms with Crippen molar-refractivity contribution in [3.63, 3.8) is 0 Å². The summed E-state index contributed by atoms with van der Waals surface area (Å²) in [7, 11) is 1.59. The number of amides is 1. The minimum atomic E-state index is -0.542. The third-order valence-electron chi connectivity index (χ3n) is 4.98. The zero-order chi connectivity index (χ0) is 26.4. The van der Waals surface area contributed by atoms with E-state index in [-0.39, 0.29) is 16.5 Å². The molecule has 0 aliphatic carbocycles. The number of carbonyl (C=O) groups excluding carboxylic acids is 1. The van der Waals surface area contributed by atoms with Crippen molar-refractivity contribution in [3.8, 4) is 22.8 Å². The van der Waals surface area contributed by atoms with Crippen LogP contribution in [0.5, 0.6) is 5.75 Å². The molecular weight excluding hydrogens is 539 g/mol. The Bertz CT molecular complexity index is 1460. The molecule has 13 heteroatoms. The number of rotatable bonds is 9. The number of halogens is 2. The fourth-order valence-electron chi connectivity index (χ4n) is 3.19. The van der Waals surface area contributed by atoms with Gasteiger partial charge in [0.2, 0.25) is 0 Å².